The Morgan fingerprint density at radius 3 is 2.62 bits per heavy atom. The Bertz CT molecular complexity index is 1070. The first-order chi connectivity index (χ1) is 13.9. The number of benzene rings is 3. The van der Waals surface area contributed by atoms with Crippen LogP contribution in [0.4, 0.5) is 4.39 Å². The van der Waals surface area contributed by atoms with E-state index in [2.05, 4.69) is 21.2 Å². The highest BCUT2D eigenvalue weighted by Gasteiger charge is 2.22. The quantitative estimate of drug-likeness (QED) is 0.525. The lowest BCUT2D eigenvalue weighted by Crippen LogP contribution is -2.40. The molecule has 1 amide bonds. The van der Waals surface area contributed by atoms with E-state index in [9.17, 15) is 19.1 Å². The van der Waals surface area contributed by atoms with Crippen molar-refractivity contribution in [2.75, 3.05) is 0 Å². The van der Waals surface area contributed by atoms with Crippen LogP contribution < -0.4 is 10.1 Å². The van der Waals surface area contributed by atoms with Crippen molar-refractivity contribution in [3.05, 3.63) is 76.0 Å². The Morgan fingerprint density at radius 1 is 1.17 bits per heavy atom. The average Bonchev–Trinajstić information content (AvgIpc) is 2.70. The molecule has 0 saturated heterocycles. The minimum atomic E-state index is -1.11. The lowest BCUT2D eigenvalue weighted by atomic mass is 10.0. The Kier molecular flexibility index (Phi) is 6.49. The van der Waals surface area contributed by atoms with Gasteiger partial charge in [-0.2, -0.15) is 0 Å². The first-order valence-corrected chi connectivity index (χ1v) is 9.82. The third-order valence-corrected chi connectivity index (χ3v) is 5.02. The van der Waals surface area contributed by atoms with Crippen molar-refractivity contribution >= 4 is 38.6 Å². The number of nitrogens with one attached hydrogen (secondary N) is 1. The van der Waals surface area contributed by atoms with E-state index in [4.69, 9.17) is 4.74 Å². The lowest BCUT2D eigenvalue weighted by molar-refractivity contribution is -0.139. The average molecular weight is 460 g/mol. The standard InChI is InChI=1S/C22H19BrFNO4/c1-2-19(22(27)28)25-21(26)17-10-8-13-5-3-4-6-16(13)20(17)29-12-14-7-9-15(23)11-18(14)24/h3-11,19H,2,12H2,1H3,(H,25,26)(H,27,28). The van der Waals surface area contributed by atoms with Crippen LogP contribution >= 0.6 is 15.9 Å². The van der Waals surface area contributed by atoms with Gasteiger partial charge in [-0.1, -0.05) is 59.3 Å². The summed E-state index contributed by atoms with van der Waals surface area (Å²) in [6.45, 7) is 1.59. The summed E-state index contributed by atoms with van der Waals surface area (Å²) in [6.07, 6.45) is 0.245. The molecule has 0 fully saturated rings. The molecule has 0 bridgehead atoms. The number of fused-ring (bicyclic) bond motifs is 1. The van der Waals surface area contributed by atoms with E-state index in [-0.39, 0.29) is 24.3 Å². The molecule has 0 aromatic heterocycles. The van der Waals surface area contributed by atoms with Gasteiger partial charge in [-0.25, -0.2) is 9.18 Å². The van der Waals surface area contributed by atoms with E-state index in [1.165, 1.54) is 6.07 Å². The summed E-state index contributed by atoms with van der Waals surface area (Å²) in [7, 11) is 0. The van der Waals surface area contributed by atoms with Gasteiger partial charge in [0.15, 0.2) is 0 Å². The van der Waals surface area contributed by atoms with Crippen molar-refractivity contribution in [2.45, 2.75) is 26.0 Å². The number of hydrogen-bond acceptors (Lipinski definition) is 3. The molecule has 29 heavy (non-hydrogen) atoms. The summed E-state index contributed by atoms with van der Waals surface area (Å²) in [4.78, 5) is 24.1. The molecule has 0 aliphatic rings. The topological polar surface area (TPSA) is 75.6 Å². The van der Waals surface area contributed by atoms with Crippen LogP contribution in [0.3, 0.4) is 0 Å². The molecule has 0 aliphatic carbocycles. The number of carboxylic acid groups (broad SMARTS) is 1. The smallest absolute Gasteiger partial charge is 0.326 e. The molecule has 150 valence electrons. The van der Waals surface area contributed by atoms with Crippen molar-refractivity contribution in [3.8, 4) is 5.75 Å². The highest BCUT2D eigenvalue weighted by atomic mass is 79.9. The fraction of sp³-hybridized carbons (Fsp3) is 0.182. The maximum absolute atomic E-state index is 14.2. The van der Waals surface area contributed by atoms with Crippen LogP contribution in [0, 0.1) is 5.82 Å². The molecule has 7 heteroatoms. The van der Waals surface area contributed by atoms with E-state index in [0.29, 0.717) is 15.4 Å². The predicted molar refractivity (Wildman–Crippen MR) is 112 cm³/mol. The van der Waals surface area contributed by atoms with Crippen LogP contribution in [0.25, 0.3) is 10.8 Å². The van der Waals surface area contributed by atoms with Crippen molar-refractivity contribution in [3.63, 3.8) is 0 Å². The molecule has 0 aliphatic heterocycles. The first kappa shape index (κ1) is 20.8. The zero-order valence-corrected chi connectivity index (χ0v) is 17.2. The summed E-state index contributed by atoms with van der Waals surface area (Å²) in [6, 6.07) is 14.3. The van der Waals surface area contributed by atoms with Crippen molar-refractivity contribution in [2.24, 2.45) is 0 Å². The number of amides is 1. The normalized spacial score (nSPS) is 11.8. The summed E-state index contributed by atoms with van der Waals surface area (Å²) in [5, 5.41) is 13.3. The number of carboxylic acids is 1. The third-order valence-electron chi connectivity index (χ3n) is 4.52. The van der Waals surface area contributed by atoms with E-state index >= 15 is 0 Å². The molecule has 3 rings (SSSR count). The molecule has 1 atom stereocenters. The van der Waals surface area contributed by atoms with E-state index in [0.717, 1.165) is 5.39 Å². The molecule has 0 heterocycles. The number of ether oxygens (including phenoxy) is 1. The zero-order valence-electron chi connectivity index (χ0n) is 15.6. The number of aliphatic carboxylic acids is 1. The maximum atomic E-state index is 14.2. The number of rotatable bonds is 7. The number of carbonyl (C=O) groups is 2. The third kappa shape index (κ3) is 4.74. The van der Waals surface area contributed by atoms with Gasteiger partial charge in [0.1, 0.15) is 24.2 Å². The van der Waals surface area contributed by atoms with Crippen LogP contribution in [-0.2, 0) is 11.4 Å². The molecule has 2 N–H and O–H groups in total. The largest absolute Gasteiger partial charge is 0.487 e. The second-order valence-corrected chi connectivity index (χ2v) is 7.38. The van der Waals surface area contributed by atoms with Crippen LogP contribution in [0.5, 0.6) is 5.75 Å². The van der Waals surface area contributed by atoms with Crippen molar-refractivity contribution in [1.82, 2.24) is 5.32 Å². The van der Waals surface area contributed by atoms with E-state index < -0.39 is 23.7 Å². The van der Waals surface area contributed by atoms with E-state index in [1.807, 2.05) is 18.2 Å². The van der Waals surface area contributed by atoms with Gasteiger partial charge in [-0.3, -0.25) is 4.79 Å². The van der Waals surface area contributed by atoms with Crippen LogP contribution in [0.15, 0.2) is 59.1 Å². The fourth-order valence-corrected chi connectivity index (χ4v) is 3.27. The number of halogens is 2. The molecule has 1 unspecified atom stereocenters. The van der Waals surface area contributed by atoms with Crippen molar-refractivity contribution in [1.29, 1.82) is 0 Å². The lowest BCUT2D eigenvalue weighted by Gasteiger charge is -2.17. The predicted octanol–water partition coefficient (Wildman–Crippen LogP) is 4.91. The summed E-state index contributed by atoms with van der Waals surface area (Å²) < 4.78 is 20.7. The van der Waals surface area contributed by atoms with Crippen LogP contribution in [-0.4, -0.2) is 23.0 Å². The summed E-state index contributed by atoms with van der Waals surface area (Å²) in [5.74, 6) is -1.82. The highest BCUT2D eigenvalue weighted by Crippen LogP contribution is 2.31. The van der Waals surface area contributed by atoms with Gasteiger partial charge in [-0.05, 0) is 30.0 Å². The van der Waals surface area contributed by atoms with Crippen molar-refractivity contribution < 1.29 is 23.8 Å². The summed E-state index contributed by atoms with van der Waals surface area (Å²) >= 11 is 3.22. The molecule has 3 aromatic rings. The minimum absolute atomic E-state index is 0.0798. The number of hydrogen-bond donors (Lipinski definition) is 2. The molecule has 0 radical (unpaired) electrons. The molecular formula is C22H19BrFNO4. The number of carbonyl (C=O) groups excluding carboxylic acids is 1. The molecule has 3 aromatic carbocycles. The molecule has 0 spiro atoms. The maximum Gasteiger partial charge on any atom is 0.326 e. The Hall–Kier alpha value is -2.93. The molecular weight excluding hydrogens is 441 g/mol. The van der Waals surface area contributed by atoms with Gasteiger partial charge in [-0.15, -0.1) is 0 Å². The zero-order chi connectivity index (χ0) is 21.0. The molecule has 5 nitrogen and oxygen atoms in total. The molecule has 0 saturated carbocycles. The summed E-state index contributed by atoms with van der Waals surface area (Å²) in [5.41, 5.74) is 0.533. The van der Waals surface area contributed by atoms with Gasteiger partial charge in [0, 0.05) is 15.4 Å². The Morgan fingerprint density at radius 2 is 1.93 bits per heavy atom. The first-order valence-electron chi connectivity index (χ1n) is 9.02. The highest BCUT2D eigenvalue weighted by molar-refractivity contribution is 9.10. The second-order valence-electron chi connectivity index (χ2n) is 6.46. The van der Waals surface area contributed by atoms with Crippen LogP contribution in [0.1, 0.15) is 29.3 Å². The van der Waals surface area contributed by atoms with Gasteiger partial charge >= 0.3 is 5.97 Å². The van der Waals surface area contributed by atoms with E-state index in [1.54, 1.807) is 37.3 Å². The minimum Gasteiger partial charge on any atom is -0.487 e. The van der Waals surface area contributed by atoms with Gasteiger partial charge < -0.3 is 15.2 Å². The van der Waals surface area contributed by atoms with Crippen LogP contribution in [0.2, 0.25) is 0 Å². The second kappa shape index (κ2) is 9.05. The van der Waals surface area contributed by atoms with Gasteiger partial charge in [0.05, 0.1) is 5.56 Å². The Balaban J connectivity index is 1.97. The van der Waals surface area contributed by atoms with Gasteiger partial charge in [0.25, 0.3) is 5.91 Å². The monoisotopic (exact) mass is 459 g/mol. The fourth-order valence-electron chi connectivity index (χ4n) is 2.94. The Labute approximate surface area is 175 Å². The SMILES string of the molecule is CCC(NC(=O)c1ccc2ccccc2c1OCc1ccc(Br)cc1F)C(=O)O. The van der Waals surface area contributed by atoms with Gasteiger partial charge in [0.2, 0.25) is 0 Å².